The maximum absolute atomic E-state index is 13.1. The number of benzene rings is 1. The van der Waals surface area contributed by atoms with Crippen molar-refractivity contribution in [3.05, 3.63) is 52.9 Å². The molecule has 0 spiro atoms. The fraction of sp³-hybridized carbons (Fsp3) is 0.308. The van der Waals surface area contributed by atoms with Crippen molar-refractivity contribution in [3.63, 3.8) is 0 Å². The highest BCUT2D eigenvalue weighted by atomic mass is 19.2. The highest BCUT2D eigenvalue weighted by molar-refractivity contribution is 5.21. The van der Waals surface area contributed by atoms with E-state index in [-0.39, 0.29) is 0 Å². The first-order chi connectivity index (χ1) is 8.47. The van der Waals surface area contributed by atoms with Crippen molar-refractivity contribution in [2.45, 2.75) is 26.4 Å². The molecule has 0 bridgehead atoms. The van der Waals surface area contributed by atoms with E-state index in [1.54, 1.807) is 4.68 Å². The van der Waals surface area contributed by atoms with Gasteiger partial charge in [-0.3, -0.25) is 4.68 Å². The zero-order valence-corrected chi connectivity index (χ0v) is 10.3. The molecule has 2 rings (SSSR count). The summed E-state index contributed by atoms with van der Waals surface area (Å²) in [5, 5.41) is 4.28. The fourth-order valence-corrected chi connectivity index (χ4v) is 1.89. The molecule has 96 valence electrons. The summed E-state index contributed by atoms with van der Waals surface area (Å²) in [6.45, 7) is 4.26. The van der Waals surface area contributed by atoms with Crippen molar-refractivity contribution in [1.29, 1.82) is 0 Å². The van der Waals surface area contributed by atoms with Crippen LogP contribution in [0.2, 0.25) is 0 Å². The van der Waals surface area contributed by atoms with Gasteiger partial charge in [-0.25, -0.2) is 8.78 Å². The highest BCUT2D eigenvalue weighted by Crippen LogP contribution is 2.17. The first-order valence-corrected chi connectivity index (χ1v) is 5.69. The first kappa shape index (κ1) is 12.7. The Morgan fingerprint density at radius 2 is 1.94 bits per heavy atom. The van der Waals surface area contributed by atoms with Crippen LogP contribution in [0, 0.1) is 25.5 Å². The van der Waals surface area contributed by atoms with E-state index in [0.717, 1.165) is 23.5 Å². The van der Waals surface area contributed by atoms with Crippen LogP contribution in [-0.4, -0.2) is 9.78 Å². The summed E-state index contributed by atoms with van der Waals surface area (Å²) in [6.07, 6.45) is 0. The van der Waals surface area contributed by atoms with Crippen LogP contribution in [0.15, 0.2) is 24.3 Å². The second-order valence-electron chi connectivity index (χ2n) is 4.39. The third kappa shape index (κ3) is 2.56. The minimum Gasteiger partial charge on any atom is -0.322 e. The number of nitrogens with two attached hydrogens (primary N) is 1. The van der Waals surface area contributed by atoms with Gasteiger partial charge in [0.2, 0.25) is 0 Å². The summed E-state index contributed by atoms with van der Waals surface area (Å²) < 4.78 is 27.7. The molecular formula is C13H15F2N3. The van der Waals surface area contributed by atoms with Crippen LogP contribution in [0.5, 0.6) is 0 Å². The van der Waals surface area contributed by atoms with Crippen LogP contribution in [0.4, 0.5) is 8.78 Å². The molecule has 5 heteroatoms. The van der Waals surface area contributed by atoms with E-state index in [1.807, 2.05) is 19.9 Å². The zero-order chi connectivity index (χ0) is 13.3. The van der Waals surface area contributed by atoms with E-state index < -0.39 is 17.7 Å². The number of hydrogen-bond donors (Lipinski definition) is 1. The van der Waals surface area contributed by atoms with E-state index in [4.69, 9.17) is 5.73 Å². The van der Waals surface area contributed by atoms with Crippen molar-refractivity contribution in [2.75, 3.05) is 0 Å². The lowest BCUT2D eigenvalue weighted by Gasteiger charge is -2.13. The SMILES string of the molecule is Cc1cc(C)n(CC(N)c2ccc(F)c(F)c2)n1. The quantitative estimate of drug-likeness (QED) is 0.910. The van der Waals surface area contributed by atoms with E-state index in [2.05, 4.69) is 5.10 Å². The van der Waals surface area contributed by atoms with Crippen LogP contribution in [0.25, 0.3) is 0 Å². The maximum Gasteiger partial charge on any atom is 0.159 e. The number of hydrogen-bond acceptors (Lipinski definition) is 2. The number of nitrogens with zero attached hydrogens (tertiary/aromatic N) is 2. The molecule has 18 heavy (non-hydrogen) atoms. The van der Waals surface area contributed by atoms with Crippen LogP contribution in [0.3, 0.4) is 0 Å². The van der Waals surface area contributed by atoms with Gasteiger partial charge in [-0.1, -0.05) is 6.07 Å². The normalized spacial score (nSPS) is 12.7. The summed E-state index contributed by atoms with van der Waals surface area (Å²) in [6, 6.07) is 5.24. The third-order valence-corrected chi connectivity index (χ3v) is 2.84. The molecule has 1 aromatic carbocycles. The Balaban J connectivity index is 2.19. The van der Waals surface area contributed by atoms with Gasteiger partial charge in [0.05, 0.1) is 12.2 Å². The largest absolute Gasteiger partial charge is 0.322 e. The van der Waals surface area contributed by atoms with Gasteiger partial charge < -0.3 is 5.73 Å². The molecule has 1 atom stereocenters. The van der Waals surface area contributed by atoms with Crippen molar-refractivity contribution in [3.8, 4) is 0 Å². The number of aromatic nitrogens is 2. The number of rotatable bonds is 3. The molecule has 0 aliphatic carbocycles. The van der Waals surface area contributed by atoms with Crippen molar-refractivity contribution >= 4 is 0 Å². The van der Waals surface area contributed by atoms with Gasteiger partial charge in [0.25, 0.3) is 0 Å². The van der Waals surface area contributed by atoms with Crippen molar-refractivity contribution < 1.29 is 8.78 Å². The summed E-state index contributed by atoms with van der Waals surface area (Å²) in [5.74, 6) is -1.74. The average molecular weight is 251 g/mol. The summed E-state index contributed by atoms with van der Waals surface area (Å²) in [4.78, 5) is 0. The lowest BCUT2D eigenvalue weighted by Crippen LogP contribution is -2.19. The second-order valence-corrected chi connectivity index (χ2v) is 4.39. The Labute approximate surface area is 104 Å². The molecule has 0 fully saturated rings. The molecule has 3 nitrogen and oxygen atoms in total. The van der Waals surface area contributed by atoms with Crippen LogP contribution >= 0.6 is 0 Å². The molecule has 1 aromatic heterocycles. The zero-order valence-electron chi connectivity index (χ0n) is 10.3. The third-order valence-electron chi connectivity index (χ3n) is 2.84. The average Bonchev–Trinajstić information content (AvgIpc) is 2.61. The minimum atomic E-state index is -0.878. The molecule has 2 aromatic rings. The molecule has 1 unspecified atom stereocenters. The van der Waals surface area contributed by atoms with Gasteiger partial charge in [0.1, 0.15) is 0 Å². The van der Waals surface area contributed by atoms with Crippen LogP contribution in [0.1, 0.15) is 23.0 Å². The monoisotopic (exact) mass is 251 g/mol. The molecule has 0 saturated carbocycles. The highest BCUT2D eigenvalue weighted by Gasteiger charge is 2.12. The van der Waals surface area contributed by atoms with Crippen LogP contribution < -0.4 is 5.73 Å². The summed E-state index contributed by atoms with van der Waals surface area (Å²) in [5.41, 5.74) is 8.43. The first-order valence-electron chi connectivity index (χ1n) is 5.69. The van der Waals surface area contributed by atoms with Gasteiger partial charge >= 0.3 is 0 Å². The van der Waals surface area contributed by atoms with Gasteiger partial charge in [0.15, 0.2) is 11.6 Å². The topological polar surface area (TPSA) is 43.8 Å². The molecule has 0 aliphatic heterocycles. The predicted molar refractivity (Wildman–Crippen MR) is 65.0 cm³/mol. The lowest BCUT2D eigenvalue weighted by atomic mass is 10.1. The smallest absolute Gasteiger partial charge is 0.159 e. The molecule has 1 heterocycles. The van der Waals surface area contributed by atoms with E-state index >= 15 is 0 Å². The van der Waals surface area contributed by atoms with E-state index in [1.165, 1.54) is 6.07 Å². The maximum atomic E-state index is 13.1. The van der Waals surface area contributed by atoms with Crippen molar-refractivity contribution in [2.24, 2.45) is 5.73 Å². The Bertz CT molecular complexity index is 563. The number of aryl methyl sites for hydroxylation is 2. The molecular weight excluding hydrogens is 236 g/mol. The van der Waals surface area contributed by atoms with Crippen molar-refractivity contribution in [1.82, 2.24) is 9.78 Å². The summed E-state index contributed by atoms with van der Waals surface area (Å²) in [7, 11) is 0. The minimum absolute atomic E-state index is 0.418. The second kappa shape index (κ2) is 4.86. The van der Waals surface area contributed by atoms with Gasteiger partial charge in [-0.15, -0.1) is 0 Å². The predicted octanol–water partition coefficient (Wildman–Crippen LogP) is 2.48. The molecule has 0 radical (unpaired) electrons. The molecule has 0 aliphatic rings. The summed E-state index contributed by atoms with van der Waals surface area (Å²) >= 11 is 0. The van der Waals surface area contributed by atoms with Gasteiger partial charge in [-0.2, -0.15) is 5.10 Å². The van der Waals surface area contributed by atoms with Crippen LogP contribution in [-0.2, 0) is 6.54 Å². The Morgan fingerprint density at radius 3 is 2.50 bits per heavy atom. The fourth-order valence-electron chi connectivity index (χ4n) is 1.89. The standard InChI is InChI=1S/C13H15F2N3/c1-8-5-9(2)18(17-8)7-13(16)10-3-4-11(14)12(15)6-10/h3-6,13H,7,16H2,1-2H3. The van der Waals surface area contributed by atoms with E-state index in [9.17, 15) is 8.78 Å². The van der Waals surface area contributed by atoms with E-state index in [0.29, 0.717) is 12.1 Å². The Hall–Kier alpha value is -1.75. The van der Waals surface area contributed by atoms with Gasteiger partial charge in [0, 0.05) is 11.7 Å². The molecule has 2 N–H and O–H groups in total. The van der Waals surface area contributed by atoms with Gasteiger partial charge in [-0.05, 0) is 37.6 Å². The molecule has 0 amide bonds. The Morgan fingerprint density at radius 1 is 1.22 bits per heavy atom. The lowest BCUT2D eigenvalue weighted by molar-refractivity contribution is 0.491. The Kier molecular flexibility index (Phi) is 3.43. The molecule has 0 saturated heterocycles. The number of halogens is 2.